The molecule has 2 N–H and O–H groups in total. The molecule has 2 aromatic rings. The quantitative estimate of drug-likeness (QED) is 0.582. The Morgan fingerprint density at radius 2 is 1.71 bits per heavy atom. The van der Waals surface area contributed by atoms with Gasteiger partial charge in [-0.1, -0.05) is 48.9 Å². The van der Waals surface area contributed by atoms with Crippen molar-refractivity contribution in [2.45, 2.75) is 69.8 Å². The highest BCUT2D eigenvalue weighted by Crippen LogP contribution is 2.46. The maximum absolute atomic E-state index is 13.6. The number of hydrogen-bond donors (Lipinski definition) is 2. The number of esters is 1. The van der Waals surface area contributed by atoms with Crippen molar-refractivity contribution in [1.82, 2.24) is 5.32 Å². The second kappa shape index (κ2) is 9.49. The molecule has 0 spiro atoms. The van der Waals surface area contributed by atoms with Crippen LogP contribution >= 0.6 is 0 Å². The zero-order chi connectivity index (χ0) is 23.7. The highest BCUT2D eigenvalue weighted by atomic mass is 16.5. The molecule has 5 heteroatoms. The fourth-order valence-corrected chi connectivity index (χ4v) is 5.71. The SMILES string of the molecule is CC1=C(C(=O)OC2CCCCC2)[C@@H](c2cccc(O)c2)C2=C(C[C@H](c3ccccc3)CC2=O)N1. The summed E-state index contributed by atoms with van der Waals surface area (Å²) < 4.78 is 5.96. The topological polar surface area (TPSA) is 75.6 Å². The molecule has 0 bridgehead atoms. The lowest BCUT2D eigenvalue weighted by atomic mass is 9.71. The van der Waals surface area contributed by atoms with E-state index in [4.69, 9.17) is 4.74 Å². The number of hydrogen-bond acceptors (Lipinski definition) is 5. The average molecular weight is 458 g/mol. The fourth-order valence-electron chi connectivity index (χ4n) is 5.71. The van der Waals surface area contributed by atoms with Crippen molar-refractivity contribution in [3.8, 4) is 5.75 Å². The summed E-state index contributed by atoms with van der Waals surface area (Å²) in [5, 5.41) is 13.6. The molecular weight excluding hydrogens is 426 g/mol. The third-order valence-corrected chi connectivity index (χ3v) is 7.35. The maximum Gasteiger partial charge on any atom is 0.337 e. The van der Waals surface area contributed by atoms with Crippen LogP contribution in [0.3, 0.4) is 0 Å². The predicted octanol–water partition coefficient (Wildman–Crippen LogP) is 5.63. The Morgan fingerprint density at radius 3 is 2.44 bits per heavy atom. The van der Waals surface area contributed by atoms with Gasteiger partial charge in [0.1, 0.15) is 11.9 Å². The molecule has 0 amide bonds. The number of carbonyl (C=O) groups excluding carboxylic acids is 2. The predicted molar refractivity (Wildman–Crippen MR) is 130 cm³/mol. The molecule has 34 heavy (non-hydrogen) atoms. The van der Waals surface area contributed by atoms with E-state index in [0.29, 0.717) is 24.0 Å². The lowest BCUT2D eigenvalue weighted by Gasteiger charge is -2.37. The molecular formula is C29H31NO4. The van der Waals surface area contributed by atoms with E-state index < -0.39 is 5.92 Å². The van der Waals surface area contributed by atoms with Gasteiger partial charge in [0.25, 0.3) is 0 Å². The molecule has 2 atom stereocenters. The van der Waals surface area contributed by atoms with Crippen LogP contribution in [-0.4, -0.2) is 23.0 Å². The number of phenols is 1. The minimum Gasteiger partial charge on any atom is -0.508 e. The summed E-state index contributed by atoms with van der Waals surface area (Å²) in [7, 11) is 0. The van der Waals surface area contributed by atoms with Crippen LogP contribution in [0.25, 0.3) is 0 Å². The van der Waals surface area contributed by atoms with E-state index in [0.717, 1.165) is 48.2 Å². The van der Waals surface area contributed by atoms with Crippen molar-refractivity contribution in [2.24, 2.45) is 0 Å². The van der Waals surface area contributed by atoms with E-state index in [2.05, 4.69) is 17.4 Å². The zero-order valence-electron chi connectivity index (χ0n) is 19.5. The third kappa shape index (κ3) is 4.39. The molecule has 2 aromatic carbocycles. The summed E-state index contributed by atoms with van der Waals surface area (Å²) in [5.41, 5.74) is 4.55. The highest BCUT2D eigenvalue weighted by Gasteiger charge is 2.42. The molecule has 3 aliphatic rings. The fraction of sp³-hybridized carbons (Fsp3) is 0.379. The van der Waals surface area contributed by atoms with Crippen LogP contribution in [0, 0.1) is 0 Å². The van der Waals surface area contributed by atoms with E-state index in [1.807, 2.05) is 31.2 Å². The first-order valence-electron chi connectivity index (χ1n) is 12.3. The molecule has 0 unspecified atom stereocenters. The van der Waals surface area contributed by atoms with Crippen LogP contribution in [0.2, 0.25) is 0 Å². The molecule has 1 aliphatic heterocycles. The van der Waals surface area contributed by atoms with Gasteiger partial charge in [0, 0.05) is 29.3 Å². The Labute approximate surface area is 200 Å². The van der Waals surface area contributed by atoms with E-state index in [9.17, 15) is 14.7 Å². The number of phenolic OH excluding ortho intramolecular Hbond substituents is 1. The molecule has 5 nitrogen and oxygen atoms in total. The molecule has 1 saturated carbocycles. The van der Waals surface area contributed by atoms with Gasteiger partial charge in [-0.2, -0.15) is 0 Å². The van der Waals surface area contributed by atoms with Crippen LogP contribution in [0.1, 0.15) is 74.8 Å². The normalized spacial score (nSPS) is 23.4. The van der Waals surface area contributed by atoms with Crippen molar-refractivity contribution in [3.63, 3.8) is 0 Å². The summed E-state index contributed by atoms with van der Waals surface area (Å²) >= 11 is 0. The molecule has 1 heterocycles. The van der Waals surface area contributed by atoms with Crippen molar-refractivity contribution in [3.05, 3.63) is 88.3 Å². The molecule has 5 rings (SSSR count). The number of aromatic hydroxyl groups is 1. The zero-order valence-corrected chi connectivity index (χ0v) is 19.5. The molecule has 2 aliphatic carbocycles. The number of benzene rings is 2. The Bertz CT molecular complexity index is 1160. The van der Waals surface area contributed by atoms with Crippen molar-refractivity contribution < 1.29 is 19.4 Å². The summed E-state index contributed by atoms with van der Waals surface area (Å²) in [6.45, 7) is 1.88. The van der Waals surface area contributed by atoms with E-state index >= 15 is 0 Å². The van der Waals surface area contributed by atoms with Gasteiger partial charge in [-0.25, -0.2) is 4.79 Å². The van der Waals surface area contributed by atoms with Crippen molar-refractivity contribution >= 4 is 11.8 Å². The molecule has 176 valence electrons. The molecule has 0 saturated heterocycles. The Hall–Kier alpha value is -3.34. The van der Waals surface area contributed by atoms with E-state index in [1.165, 1.54) is 6.42 Å². The number of dihydropyridines is 1. The lowest BCUT2D eigenvalue weighted by Crippen LogP contribution is -2.37. The lowest BCUT2D eigenvalue weighted by molar-refractivity contribution is -0.146. The van der Waals surface area contributed by atoms with Crippen LogP contribution in [0.5, 0.6) is 5.75 Å². The van der Waals surface area contributed by atoms with Gasteiger partial charge in [-0.15, -0.1) is 0 Å². The number of Topliss-reactive ketones (excluding diaryl/α,β-unsaturated/α-hetero) is 1. The van der Waals surface area contributed by atoms with Crippen molar-refractivity contribution in [1.29, 1.82) is 0 Å². The van der Waals surface area contributed by atoms with Gasteiger partial charge in [0.2, 0.25) is 0 Å². The van der Waals surface area contributed by atoms with Crippen molar-refractivity contribution in [2.75, 3.05) is 0 Å². The standard InChI is InChI=1S/C29H31NO4/c1-18-26(29(33)34-23-13-6-3-7-14-23)27(20-11-8-12-22(31)15-20)28-24(30-18)16-21(17-25(28)32)19-9-4-2-5-10-19/h2,4-5,8-12,15,21,23,27,30-31H,3,6-7,13-14,16-17H2,1H3/t21-,27+/m0/s1. The number of allylic oxidation sites excluding steroid dienone is 3. The van der Waals surface area contributed by atoms with Gasteiger partial charge in [0.15, 0.2) is 5.78 Å². The first kappa shape index (κ1) is 22.5. The Kier molecular flexibility index (Phi) is 6.27. The van der Waals surface area contributed by atoms with Gasteiger partial charge < -0.3 is 15.2 Å². The average Bonchev–Trinajstić information content (AvgIpc) is 2.84. The summed E-state index contributed by atoms with van der Waals surface area (Å²) in [6.07, 6.45) is 6.09. The van der Waals surface area contributed by atoms with Gasteiger partial charge in [0.05, 0.1) is 5.57 Å². The Balaban J connectivity index is 1.53. The molecule has 0 radical (unpaired) electrons. The first-order valence-corrected chi connectivity index (χ1v) is 12.3. The summed E-state index contributed by atoms with van der Waals surface area (Å²) in [4.78, 5) is 27.1. The maximum atomic E-state index is 13.6. The third-order valence-electron chi connectivity index (χ3n) is 7.35. The largest absolute Gasteiger partial charge is 0.508 e. The van der Waals surface area contributed by atoms with Gasteiger partial charge >= 0.3 is 5.97 Å². The molecule has 1 fully saturated rings. The summed E-state index contributed by atoms with van der Waals surface area (Å²) in [5.74, 6) is -0.681. The smallest absolute Gasteiger partial charge is 0.337 e. The van der Waals surface area contributed by atoms with Gasteiger partial charge in [-0.05, 0) is 68.2 Å². The first-order chi connectivity index (χ1) is 16.5. The van der Waals surface area contributed by atoms with Gasteiger partial charge in [-0.3, -0.25) is 4.79 Å². The second-order valence-electron chi connectivity index (χ2n) is 9.69. The van der Waals surface area contributed by atoms with E-state index in [-0.39, 0.29) is 29.5 Å². The number of carbonyl (C=O) groups is 2. The monoisotopic (exact) mass is 457 g/mol. The summed E-state index contributed by atoms with van der Waals surface area (Å²) in [6, 6.07) is 17.0. The number of rotatable bonds is 4. The minimum absolute atomic E-state index is 0.0337. The number of ether oxygens (including phenoxy) is 1. The van der Waals surface area contributed by atoms with Crippen LogP contribution in [0.15, 0.2) is 77.1 Å². The van der Waals surface area contributed by atoms with E-state index in [1.54, 1.807) is 18.2 Å². The molecule has 0 aromatic heterocycles. The van der Waals surface area contributed by atoms with Crippen LogP contribution in [0.4, 0.5) is 0 Å². The van der Waals surface area contributed by atoms with Crippen LogP contribution < -0.4 is 5.32 Å². The highest BCUT2D eigenvalue weighted by molar-refractivity contribution is 6.04. The second-order valence-corrected chi connectivity index (χ2v) is 9.69. The van der Waals surface area contributed by atoms with Crippen LogP contribution in [-0.2, 0) is 14.3 Å². The minimum atomic E-state index is -0.552. The number of ketones is 1. The number of nitrogens with one attached hydrogen (secondary N) is 1. The Morgan fingerprint density at radius 1 is 0.971 bits per heavy atom.